The Morgan fingerprint density at radius 1 is 0.203 bits per heavy atom. The van der Waals surface area contributed by atoms with Gasteiger partial charge >= 0.3 is 0 Å². The Morgan fingerprint density at radius 3 is 0.859 bits per heavy atom. The van der Waals surface area contributed by atoms with E-state index in [2.05, 4.69) is 465 Å². The van der Waals surface area contributed by atoms with Crippen LogP contribution in [0.1, 0.15) is 295 Å². The molecule has 0 spiro atoms. The monoisotopic (exact) mass is 1680 g/mol. The van der Waals surface area contributed by atoms with Gasteiger partial charge in [-0.15, -0.1) is 0 Å². The molecule has 14 aromatic rings. The van der Waals surface area contributed by atoms with Crippen molar-refractivity contribution >= 4 is 34.1 Å². The number of rotatable bonds is 14. The van der Waals surface area contributed by atoms with E-state index in [0.29, 0.717) is 11.8 Å². The maximum Gasteiger partial charge on any atom is 0.0540 e. The smallest absolute Gasteiger partial charge is 0.0540 e. The molecule has 0 radical (unpaired) electrons. The number of fused-ring (bicyclic) bond motifs is 6. The second-order valence-corrected chi connectivity index (χ2v) is 45.2. The van der Waals surface area contributed by atoms with E-state index in [1.807, 2.05) is 0 Å². The van der Waals surface area contributed by atoms with Crippen LogP contribution in [-0.2, 0) is 43.3 Å². The number of anilines is 6. The van der Waals surface area contributed by atoms with Crippen molar-refractivity contribution in [2.45, 2.75) is 272 Å². The maximum atomic E-state index is 2.51. The maximum absolute atomic E-state index is 2.51. The molecule has 2 fully saturated rings. The van der Waals surface area contributed by atoms with Crippen LogP contribution in [0, 0.1) is 0 Å². The highest BCUT2D eigenvalue weighted by Gasteiger charge is 2.39. The van der Waals surface area contributed by atoms with Crippen molar-refractivity contribution in [1.82, 2.24) is 0 Å². The first-order valence-electron chi connectivity index (χ1n) is 48.1. The van der Waals surface area contributed by atoms with Gasteiger partial charge in [-0.1, -0.05) is 421 Å². The lowest BCUT2D eigenvalue weighted by atomic mass is 9.78. The summed E-state index contributed by atoms with van der Waals surface area (Å²) in [5.41, 5.74) is 44.1. The van der Waals surface area contributed by atoms with E-state index in [4.69, 9.17) is 0 Å². The van der Waals surface area contributed by atoms with Gasteiger partial charge in [0.05, 0.1) is 11.4 Å². The van der Waals surface area contributed by atoms with E-state index < -0.39 is 0 Å². The lowest BCUT2D eigenvalue weighted by Gasteiger charge is -2.30. The molecule has 652 valence electrons. The number of hydrogen-bond donors (Lipinski definition) is 0. The predicted octanol–water partition coefficient (Wildman–Crippen LogP) is 36.8. The molecule has 0 aliphatic heterocycles. The summed E-state index contributed by atoms with van der Waals surface area (Å²) in [5, 5.41) is 0. The van der Waals surface area contributed by atoms with Crippen LogP contribution in [0.15, 0.2) is 303 Å². The van der Waals surface area contributed by atoms with Crippen molar-refractivity contribution < 1.29 is 0 Å². The fourth-order valence-electron chi connectivity index (χ4n) is 20.8. The highest BCUT2D eigenvalue weighted by Crippen LogP contribution is 2.55. The van der Waals surface area contributed by atoms with Crippen LogP contribution < -0.4 is 9.80 Å². The fraction of sp³-hybridized carbons (Fsp3) is 0.333. The first-order valence-corrected chi connectivity index (χ1v) is 48.1. The molecule has 0 saturated heterocycles. The minimum Gasteiger partial charge on any atom is -0.310 e. The molecule has 4 aliphatic carbocycles. The number of hydrogen-bond acceptors (Lipinski definition) is 2. The van der Waals surface area contributed by atoms with E-state index in [0.717, 1.165) is 11.4 Å². The highest BCUT2D eigenvalue weighted by molar-refractivity contribution is 5.94. The molecule has 0 N–H and O–H groups in total. The Kier molecular flexibility index (Phi) is 23.8. The predicted molar refractivity (Wildman–Crippen MR) is 554 cm³/mol. The molecule has 18 rings (SSSR count). The molecule has 2 nitrogen and oxygen atoms in total. The molecule has 0 bridgehead atoms. The standard InChI is InChI=1S/2C63H69N/c1-60(2,3)49-36-46(35-47(37-49)48-38-50(61(4,5)6)40-51(39-48)62(7,8)9)43-28-30-52(31-29-43)64(53-32-33-56-55-25-15-17-26-57(55)63(10,11)58(56)41-53)59-27-18-16-24-54(59)45-23-19-22-44(34-45)42-20-13-12-14-21-42;1-60(2,3)49-36-46(35-47(37-49)48-38-50(61(4,5)6)40-51(39-48)62(7,8)9)44-29-31-52(32-30-44)64(53-33-34-56-55-22-15-17-23-57(55)63(10,11)58(56)41-53)59-24-18-16-21-54(59)45-27-25-43(26-28-45)42-19-13-12-14-20-42/h15-19,22-42H,12-14,20-21H2,1-11H3;15-18,21-42H,12-14,19-20H2,1-11H3. The third-order valence-electron chi connectivity index (χ3n) is 29.0. The SMILES string of the molecule is CC(C)(C)c1cc(-c2ccc(N(c3ccc4c(c3)C(C)(C)c3ccccc3-4)c3ccccc3-c3ccc(C4CCCCC4)cc3)cc2)cc(-c2cc(C(C)(C)C)cc(C(C)(C)C)c2)c1.CC(C)(C)c1cc(-c2ccc(N(c3ccc4c(c3)C(C)(C)c3ccccc3-4)c3ccccc3-c3cccc(C4CCCCC4)c3)cc2)cc(-c2cc(C(C)(C)C)cc(C(C)(C)C)c2)c1. The van der Waals surface area contributed by atoms with E-state index in [-0.39, 0.29) is 43.3 Å². The average molecular weight is 1680 g/mol. The zero-order valence-electron chi connectivity index (χ0n) is 81.0. The Hall–Kier alpha value is -11.3. The summed E-state index contributed by atoms with van der Waals surface area (Å²) >= 11 is 0. The summed E-state index contributed by atoms with van der Waals surface area (Å²) in [5.74, 6) is 1.33. The van der Waals surface area contributed by atoms with Crippen LogP contribution >= 0.6 is 0 Å². The second kappa shape index (κ2) is 34.3. The first kappa shape index (κ1) is 88.7. The lowest BCUT2D eigenvalue weighted by Crippen LogP contribution is -2.17. The minimum atomic E-state index is -0.110. The summed E-state index contributed by atoms with van der Waals surface area (Å²) in [6.45, 7) is 51.5. The molecule has 0 aromatic heterocycles. The molecule has 14 aromatic carbocycles. The number of para-hydroxylation sites is 2. The zero-order chi connectivity index (χ0) is 90.4. The Labute approximate surface area is 769 Å². The van der Waals surface area contributed by atoms with Crippen molar-refractivity contribution in [2.75, 3.05) is 9.80 Å². The summed E-state index contributed by atoms with van der Waals surface area (Å²) in [6.07, 6.45) is 13.3. The molecule has 2 heteroatoms. The molecule has 0 atom stereocenters. The van der Waals surface area contributed by atoms with Crippen LogP contribution in [0.25, 0.3) is 89.0 Å². The van der Waals surface area contributed by atoms with Crippen LogP contribution in [0.4, 0.5) is 34.1 Å². The Bertz CT molecular complexity index is 6350. The molecule has 0 amide bonds. The lowest BCUT2D eigenvalue weighted by molar-refractivity contribution is 0.443. The number of benzene rings is 14. The highest BCUT2D eigenvalue weighted by atomic mass is 15.2. The minimum absolute atomic E-state index is 0.0185. The average Bonchev–Trinajstić information content (AvgIpc) is 1.57. The fourth-order valence-corrected chi connectivity index (χ4v) is 20.8. The van der Waals surface area contributed by atoms with Gasteiger partial charge in [0.15, 0.2) is 0 Å². The summed E-state index contributed by atoms with van der Waals surface area (Å²) in [7, 11) is 0. The molecule has 4 aliphatic rings. The Balaban J connectivity index is 0.000000180. The number of nitrogens with zero attached hydrogens (tertiary/aromatic N) is 2. The molecular weight excluding hydrogens is 1540 g/mol. The van der Waals surface area contributed by atoms with Gasteiger partial charge in [-0.2, -0.15) is 0 Å². The quantitative estimate of drug-likeness (QED) is 0.107. The van der Waals surface area contributed by atoms with Crippen LogP contribution in [-0.4, -0.2) is 0 Å². The van der Waals surface area contributed by atoms with Crippen molar-refractivity contribution in [1.29, 1.82) is 0 Å². The van der Waals surface area contributed by atoms with Gasteiger partial charge in [-0.3, -0.25) is 0 Å². The molecule has 2 saturated carbocycles. The van der Waals surface area contributed by atoms with Crippen LogP contribution in [0.5, 0.6) is 0 Å². The largest absolute Gasteiger partial charge is 0.310 e. The van der Waals surface area contributed by atoms with Crippen LogP contribution in [0.2, 0.25) is 0 Å². The van der Waals surface area contributed by atoms with Gasteiger partial charge in [0.2, 0.25) is 0 Å². The third-order valence-corrected chi connectivity index (χ3v) is 29.0. The second-order valence-electron chi connectivity index (χ2n) is 45.2. The summed E-state index contributed by atoms with van der Waals surface area (Å²) in [6, 6.07) is 117. The normalized spacial score (nSPS) is 15.2. The van der Waals surface area contributed by atoms with Gasteiger partial charge < -0.3 is 9.80 Å². The van der Waals surface area contributed by atoms with E-state index >= 15 is 0 Å². The zero-order valence-corrected chi connectivity index (χ0v) is 81.0. The van der Waals surface area contributed by atoms with E-state index in [1.54, 1.807) is 0 Å². The van der Waals surface area contributed by atoms with Gasteiger partial charge in [-0.05, 0) is 287 Å². The Morgan fingerprint density at radius 2 is 0.492 bits per heavy atom. The van der Waals surface area contributed by atoms with Gasteiger partial charge in [0.1, 0.15) is 0 Å². The van der Waals surface area contributed by atoms with Gasteiger partial charge in [0, 0.05) is 44.7 Å². The molecule has 128 heavy (non-hydrogen) atoms. The molecular formula is C126H138N2. The molecule has 0 unspecified atom stereocenters. The van der Waals surface area contributed by atoms with E-state index in [1.165, 1.54) is 243 Å². The van der Waals surface area contributed by atoms with Crippen LogP contribution in [0.3, 0.4) is 0 Å². The summed E-state index contributed by atoms with van der Waals surface area (Å²) < 4.78 is 0. The summed E-state index contributed by atoms with van der Waals surface area (Å²) in [4.78, 5) is 5.01. The van der Waals surface area contributed by atoms with Crippen molar-refractivity contribution in [2.24, 2.45) is 0 Å². The first-order chi connectivity index (χ1) is 60.7. The topological polar surface area (TPSA) is 6.48 Å². The van der Waals surface area contributed by atoms with Crippen molar-refractivity contribution in [3.8, 4) is 89.0 Å². The third kappa shape index (κ3) is 18.0. The van der Waals surface area contributed by atoms with Gasteiger partial charge in [0.25, 0.3) is 0 Å². The molecule has 0 heterocycles. The van der Waals surface area contributed by atoms with Crippen molar-refractivity contribution in [3.63, 3.8) is 0 Å². The van der Waals surface area contributed by atoms with E-state index in [9.17, 15) is 0 Å². The van der Waals surface area contributed by atoms with Gasteiger partial charge in [-0.25, -0.2) is 0 Å². The van der Waals surface area contributed by atoms with Crippen molar-refractivity contribution in [3.05, 3.63) is 370 Å².